The van der Waals surface area contributed by atoms with Gasteiger partial charge in [0.25, 0.3) is 17.2 Å². The lowest BCUT2D eigenvalue weighted by Gasteiger charge is -2.21. The number of carbonyl (C=O) groups excluding carboxylic acids is 2. The second-order valence-electron chi connectivity index (χ2n) is 6.93. The number of non-ortho nitro benzene ring substituents is 1. The first kappa shape index (κ1) is 19.3. The second-order valence-corrected chi connectivity index (χ2v) is 6.93. The maximum Gasteiger partial charge on any atom is 0.271 e. The van der Waals surface area contributed by atoms with Crippen LogP contribution in [-0.2, 0) is 6.42 Å². The first-order chi connectivity index (χ1) is 14.5. The predicted octanol–water partition coefficient (Wildman–Crippen LogP) is 3.52. The number of hydrogen-bond donors (Lipinski definition) is 1. The van der Waals surface area contributed by atoms with Gasteiger partial charge in [0.1, 0.15) is 5.56 Å². The summed E-state index contributed by atoms with van der Waals surface area (Å²) >= 11 is 0. The molecule has 8 nitrogen and oxygen atoms in total. The normalized spacial score (nSPS) is 12.9. The minimum atomic E-state index is -0.730. The lowest BCUT2D eigenvalue weighted by Crippen LogP contribution is -2.33. The van der Waals surface area contributed by atoms with Crippen LogP contribution < -0.4 is 10.9 Å². The van der Waals surface area contributed by atoms with Crippen molar-refractivity contribution >= 4 is 23.1 Å². The van der Waals surface area contributed by atoms with Crippen LogP contribution in [0.3, 0.4) is 0 Å². The zero-order chi connectivity index (χ0) is 21.3. The van der Waals surface area contributed by atoms with Crippen molar-refractivity contribution in [2.24, 2.45) is 0 Å². The number of Topliss-reactive ketones (excluding diaryl/α,β-unsaturated/α-hetero) is 1. The van der Waals surface area contributed by atoms with E-state index in [2.05, 4.69) is 5.32 Å². The minimum absolute atomic E-state index is 0.120. The SMILES string of the molecule is O=C1CCCc2c1cc(C(=O)Nc1cccc([N+](=O)[O-])c1)c(=O)n2-c1ccccc1. The average Bonchev–Trinajstić information content (AvgIpc) is 2.74. The molecule has 0 bridgehead atoms. The number of nitro groups is 1. The Balaban J connectivity index is 1.82. The van der Waals surface area contributed by atoms with Crippen LogP contribution >= 0.6 is 0 Å². The molecule has 0 fully saturated rings. The maximum atomic E-state index is 13.2. The van der Waals surface area contributed by atoms with E-state index in [1.165, 1.54) is 34.9 Å². The summed E-state index contributed by atoms with van der Waals surface area (Å²) in [4.78, 5) is 49.0. The summed E-state index contributed by atoms with van der Waals surface area (Å²) in [5.41, 5.74) is 0.776. The van der Waals surface area contributed by atoms with Gasteiger partial charge in [0.05, 0.1) is 4.92 Å². The Labute approximate surface area is 170 Å². The molecule has 1 heterocycles. The number of hydrogen-bond acceptors (Lipinski definition) is 5. The largest absolute Gasteiger partial charge is 0.322 e. The number of fused-ring (bicyclic) bond motifs is 1. The third-order valence-electron chi connectivity index (χ3n) is 4.99. The Hall–Kier alpha value is -4.07. The van der Waals surface area contributed by atoms with E-state index in [4.69, 9.17) is 0 Å². The van der Waals surface area contributed by atoms with Gasteiger partial charge in [0.15, 0.2) is 5.78 Å². The van der Waals surface area contributed by atoms with Gasteiger partial charge in [-0.15, -0.1) is 0 Å². The monoisotopic (exact) mass is 403 g/mol. The van der Waals surface area contributed by atoms with Crippen molar-refractivity contribution in [3.8, 4) is 5.69 Å². The molecule has 8 heteroatoms. The van der Waals surface area contributed by atoms with E-state index in [9.17, 15) is 24.5 Å². The molecule has 2 aromatic carbocycles. The van der Waals surface area contributed by atoms with E-state index < -0.39 is 16.4 Å². The molecule has 1 aliphatic carbocycles. The molecule has 1 aromatic heterocycles. The molecule has 1 aliphatic rings. The van der Waals surface area contributed by atoms with Crippen LogP contribution in [0, 0.1) is 10.1 Å². The first-order valence-electron chi connectivity index (χ1n) is 9.39. The number of carbonyl (C=O) groups is 2. The highest BCUT2D eigenvalue weighted by Crippen LogP contribution is 2.24. The van der Waals surface area contributed by atoms with Crippen LogP contribution in [0.5, 0.6) is 0 Å². The van der Waals surface area contributed by atoms with Crippen molar-refractivity contribution in [1.29, 1.82) is 0 Å². The van der Waals surface area contributed by atoms with Gasteiger partial charge >= 0.3 is 0 Å². The third-order valence-corrected chi connectivity index (χ3v) is 4.99. The smallest absolute Gasteiger partial charge is 0.271 e. The van der Waals surface area contributed by atoms with E-state index in [0.29, 0.717) is 36.2 Å². The van der Waals surface area contributed by atoms with Crippen LogP contribution in [0.4, 0.5) is 11.4 Å². The van der Waals surface area contributed by atoms with Crippen LogP contribution in [0.2, 0.25) is 0 Å². The van der Waals surface area contributed by atoms with Gasteiger partial charge in [0, 0.05) is 41.2 Å². The van der Waals surface area contributed by atoms with E-state index in [1.807, 2.05) is 6.07 Å². The van der Waals surface area contributed by atoms with Crippen molar-refractivity contribution < 1.29 is 14.5 Å². The number of rotatable bonds is 4. The van der Waals surface area contributed by atoms with E-state index in [1.54, 1.807) is 24.3 Å². The molecule has 30 heavy (non-hydrogen) atoms. The van der Waals surface area contributed by atoms with Crippen molar-refractivity contribution in [2.75, 3.05) is 5.32 Å². The van der Waals surface area contributed by atoms with E-state index in [0.717, 1.165) is 0 Å². The van der Waals surface area contributed by atoms with Gasteiger partial charge in [-0.1, -0.05) is 24.3 Å². The fourth-order valence-corrected chi connectivity index (χ4v) is 3.60. The number of amides is 1. The van der Waals surface area contributed by atoms with Gasteiger partial charge in [-0.05, 0) is 37.1 Å². The van der Waals surface area contributed by atoms with E-state index >= 15 is 0 Å². The minimum Gasteiger partial charge on any atom is -0.322 e. The van der Waals surface area contributed by atoms with Crippen LogP contribution in [-0.4, -0.2) is 21.2 Å². The Kier molecular flexibility index (Phi) is 4.97. The van der Waals surface area contributed by atoms with Crippen molar-refractivity contribution in [2.45, 2.75) is 19.3 Å². The number of para-hydroxylation sites is 1. The second kappa shape index (κ2) is 7.75. The fraction of sp³-hybridized carbons (Fsp3) is 0.136. The van der Waals surface area contributed by atoms with Gasteiger partial charge in [-0.2, -0.15) is 0 Å². The summed E-state index contributed by atoms with van der Waals surface area (Å²) in [7, 11) is 0. The third kappa shape index (κ3) is 3.50. The highest BCUT2D eigenvalue weighted by Gasteiger charge is 2.26. The predicted molar refractivity (Wildman–Crippen MR) is 110 cm³/mol. The standard InChI is InChI=1S/C22H17N3O5/c26-20-11-5-10-19-17(20)13-18(22(28)24(19)15-7-2-1-3-8-15)21(27)23-14-6-4-9-16(12-14)25(29)30/h1-4,6-9,12-13H,5,10-11H2,(H,23,27). The Morgan fingerprint density at radius 1 is 1.00 bits per heavy atom. The average molecular weight is 403 g/mol. The Bertz CT molecular complexity index is 1230. The molecule has 0 saturated heterocycles. The Morgan fingerprint density at radius 2 is 1.77 bits per heavy atom. The number of nitro benzene ring substituents is 1. The van der Waals surface area contributed by atoms with Crippen molar-refractivity contribution in [1.82, 2.24) is 4.57 Å². The lowest BCUT2D eigenvalue weighted by atomic mass is 9.92. The topological polar surface area (TPSA) is 111 Å². The highest BCUT2D eigenvalue weighted by atomic mass is 16.6. The van der Waals surface area contributed by atoms with Gasteiger partial charge in [0.2, 0.25) is 0 Å². The number of ketones is 1. The lowest BCUT2D eigenvalue weighted by molar-refractivity contribution is -0.384. The molecule has 0 radical (unpaired) electrons. The summed E-state index contributed by atoms with van der Waals surface area (Å²) in [6.45, 7) is 0. The molecule has 150 valence electrons. The molecule has 0 saturated carbocycles. The van der Waals surface area contributed by atoms with Gasteiger partial charge in [-0.25, -0.2) is 0 Å². The number of anilines is 1. The first-order valence-corrected chi connectivity index (χ1v) is 9.39. The van der Waals surface area contributed by atoms with Gasteiger partial charge in [-0.3, -0.25) is 29.1 Å². The molecule has 0 atom stereocenters. The number of nitrogens with one attached hydrogen (secondary N) is 1. The van der Waals surface area contributed by atoms with Crippen LogP contribution in [0.15, 0.2) is 65.5 Å². The number of benzene rings is 2. The summed E-state index contributed by atoms with van der Waals surface area (Å²) in [5, 5.41) is 13.5. The molecular formula is C22H17N3O5. The molecule has 0 aliphatic heterocycles. The van der Waals surface area contributed by atoms with E-state index in [-0.39, 0.29) is 22.7 Å². The molecule has 0 spiro atoms. The summed E-state index contributed by atoms with van der Waals surface area (Å²) in [6.07, 6.45) is 1.54. The summed E-state index contributed by atoms with van der Waals surface area (Å²) < 4.78 is 1.41. The summed E-state index contributed by atoms with van der Waals surface area (Å²) in [5.74, 6) is -0.850. The molecule has 3 aromatic rings. The number of nitrogens with zero attached hydrogens (tertiary/aromatic N) is 2. The Morgan fingerprint density at radius 3 is 2.50 bits per heavy atom. The van der Waals surface area contributed by atoms with Crippen molar-refractivity contribution in [3.63, 3.8) is 0 Å². The zero-order valence-corrected chi connectivity index (χ0v) is 15.8. The molecule has 0 unspecified atom stereocenters. The molecule has 1 amide bonds. The van der Waals surface area contributed by atoms with Crippen LogP contribution in [0.25, 0.3) is 5.69 Å². The molecule has 4 rings (SSSR count). The highest BCUT2D eigenvalue weighted by molar-refractivity contribution is 6.07. The van der Waals surface area contributed by atoms with Crippen LogP contribution in [0.1, 0.15) is 39.3 Å². The summed E-state index contributed by atoms with van der Waals surface area (Å²) in [6, 6.07) is 15.6. The zero-order valence-electron chi connectivity index (χ0n) is 15.8. The van der Waals surface area contributed by atoms with Crippen molar-refractivity contribution in [3.05, 3.63) is 98.0 Å². The molecular weight excluding hydrogens is 386 g/mol. The molecule has 1 N–H and O–H groups in total. The quantitative estimate of drug-likeness (QED) is 0.529. The maximum absolute atomic E-state index is 13.2. The number of pyridine rings is 1. The number of aromatic nitrogens is 1. The fourth-order valence-electron chi connectivity index (χ4n) is 3.60. The van der Waals surface area contributed by atoms with Gasteiger partial charge < -0.3 is 5.32 Å².